The Balaban J connectivity index is 0. The van der Waals surface area contributed by atoms with Gasteiger partial charge in [0.05, 0.1) is 0 Å². The minimum absolute atomic E-state index is 0. The van der Waals surface area contributed by atoms with E-state index in [1.54, 1.807) is 0 Å². The van der Waals surface area contributed by atoms with Gasteiger partial charge in [-0.25, -0.2) is 0 Å². The molecule has 92 valence electrons. The summed E-state index contributed by atoms with van der Waals surface area (Å²) in [4.78, 5) is 8.91. The second kappa shape index (κ2) is 10.9. The van der Waals surface area contributed by atoms with Crippen molar-refractivity contribution >= 4 is 56.3 Å². The average Bonchev–Trinajstić information content (AvgIpc) is 2.03. The van der Waals surface area contributed by atoms with Gasteiger partial charge >= 0.3 is 46.0 Å². The van der Waals surface area contributed by atoms with Gasteiger partial charge in [0.25, 0.3) is 0 Å². The molecule has 0 saturated heterocycles. The third-order valence-electron chi connectivity index (χ3n) is 1.98. The van der Waals surface area contributed by atoms with E-state index in [1.807, 2.05) is 0 Å². The van der Waals surface area contributed by atoms with Gasteiger partial charge in [0.2, 0.25) is 0 Å². The Morgan fingerprint density at radius 1 is 1.07 bits per heavy atom. The van der Waals surface area contributed by atoms with Crippen molar-refractivity contribution < 1.29 is 13.4 Å². The van der Waals surface area contributed by atoms with Crippen molar-refractivity contribution in [1.82, 2.24) is 0 Å². The van der Waals surface area contributed by atoms with Crippen LogP contribution in [0.2, 0.25) is 0 Å². The fraction of sp³-hybridized carbons (Fsp3) is 1.00. The van der Waals surface area contributed by atoms with Crippen LogP contribution in [0.3, 0.4) is 0 Å². The molecule has 0 aromatic carbocycles. The van der Waals surface area contributed by atoms with Crippen LogP contribution in [0.4, 0.5) is 0 Å². The first-order chi connectivity index (χ1) is 6.60. The molecule has 1 atom stereocenters. The Kier molecular flexibility index (Phi) is 13.9. The van der Waals surface area contributed by atoms with Crippen molar-refractivity contribution in [2.75, 3.05) is 17.3 Å². The van der Waals surface area contributed by atoms with Crippen LogP contribution in [0.1, 0.15) is 40.0 Å². The maximum atomic E-state index is 10.8. The second-order valence-electron chi connectivity index (χ2n) is 3.43. The number of hydrogen-bond donors (Lipinski definition) is 1. The van der Waals surface area contributed by atoms with Crippen LogP contribution in [0.5, 0.6) is 0 Å². The first-order valence-electron chi connectivity index (χ1n) is 5.29. The molecular formula is C9H25CaO3PS. The molecular weight excluding hydrogens is 259 g/mol. The van der Waals surface area contributed by atoms with E-state index in [2.05, 4.69) is 20.8 Å². The van der Waals surface area contributed by atoms with Crippen molar-refractivity contribution in [3.05, 3.63) is 0 Å². The van der Waals surface area contributed by atoms with E-state index in [0.717, 1.165) is 36.5 Å². The zero-order valence-corrected chi connectivity index (χ0v) is 11.2. The molecule has 0 fully saturated rings. The van der Waals surface area contributed by atoms with Gasteiger partial charge in [0.1, 0.15) is 0 Å². The van der Waals surface area contributed by atoms with Crippen LogP contribution in [-0.4, -0.2) is 59.9 Å². The van der Waals surface area contributed by atoms with Gasteiger partial charge in [-0.05, 0) is 36.5 Å². The van der Waals surface area contributed by atoms with Gasteiger partial charge in [-0.15, -0.1) is 10.3 Å². The SMILES string of the molecule is CCCS(CCC)(CCC)O[PH](=O)O.[CaH2]. The van der Waals surface area contributed by atoms with Crippen molar-refractivity contribution in [1.29, 1.82) is 0 Å². The van der Waals surface area contributed by atoms with Crippen LogP contribution in [0, 0.1) is 0 Å². The molecule has 1 unspecified atom stereocenters. The molecule has 0 heterocycles. The summed E-state index contributed by atoms with van der Waals surface area (Å²) in [5.41, 5.74) is 0. The molecule has 6 heteroatoms. The summed E-state index contributed by atoms with van der Waals surface area (Å²) in [7, 11) is -4.03. The van der Waals surface area contributed by atoms with Crippen LogP contribution >= 0.6 is 18.6 Å². The van der Waals surface area contributed by atoms with E-state index in [9.17, 15) is 4.57 Å². The van der Waals surface area contributed by atoms with Crippen LogP contribution in [-0.2, 0) is 8.54 Å². The molecule has 0 spiro atoms. The quantitative estimate of drug-likeness (QED) is 0.550. The second-order valence-corrected chi connectivity index (χ2v) is 7.78. The minimum atomic E-state index is -2.77. The number of rotatable bonds is 8. The predicted octanol–water partition coefficient (Wildman–Crippen LogP) is 2.42. The Morgan fingerprint density at radius 3 is 1.60 bits per heavy atom. The van der Waals surface area contributed by atoms with Gasteiger partial charge in [-0.3, -0.25) is 8.54 Å². The summed E-state index contributed by atoms with van der Waals surface area (Å²) < 4.78 is 16.2. The zero-order chi connectivity index (χ0) is 11.0. The molecule has 1 N–H and O–H groups in total. The first-order valence-corrected chi connectivity index (χ1v) is 8.61. The molecule has 0 aliphatic carbocycles. The van der Waals surface area contributed by atoms with Crippen molar-refractivity contribution in [3.63, 3.8) is 0 Å². The van der Waals surface area contributed by atoms with Gasteiger partial charge in [-0.2, -0.15) is 0 Å². The summed E-state index contributed by atoms with van der Waals surface area (Å²) >= 11 is 0. The molecule has 0 saturated carbocycles. The molecule has 0 amide bonds. The monoisotopic (exact) mass is 284 g/mol. The van der Waals surface area contributed by atoms with Crippen molar-refractivity contribution in [2.24, 2.45) is 0 Å². The predicted molar refractivity (Wildman–Crippen MR) is 73.9 cm³/mol. The Bertz CT molecular complexity index is 164. The van der Waals surface area contributed by atoms with E-state index in [4.69, 9.17) is 8.86 Å². The van der Waals surface area contributed by atoms with Crippen LogP contribution in [0.25, 0.3) is 0 Å². The molecule has 0 aliphatic rings. The molecule has 0 rings (SSSR count). The van der Waals surface area contributed by atoms with Gasteiger partial charge < -0.3 is 4.89 Å². The summed E-state index contributed by atoms with van der Waals surface area (Å²) in [6.07, 6.45) is 3.10. The number of hydrogen-bond acceptors (Lipinski definition) is 2. The summed E-state index contributed by atoms with van der Waals surface area (Å²) in [5, 5.41) is 0. The normalized spacial score (nSPS) is 14.4. The summed E-state index contributed by atoms with van der Waals surface area (Å²) in [6.45, 7) is 6.31. The van der Waals surface area contributed by atoms with Gasteiger partial charge in [0.15, 0.2) is 0 Å². The van der Waals surface area contributed by atoms with E-state index >= 15 is 0 Å². The fourth-order valence-corrected chi connectivity index (χ4v) is 6.75. The zero-order valence-electron chi connectivity index (χ0n) is 9.41. The van der Waals surface area contributed by atoms with E-state index in [0.29, 0.717) is 0 Å². The van der Waals surface area contributed by atoms with Crippen molar-refractivity contribution in [3.8, 4) is 0 Å². The third kappa shape index (κ3) is 8.48. The maximum absolute atomic E-state index is 10.8. The van der Waals surface area contributed by atoms with Gasteiger partial charge in [-0.1, -0.05) is 20.8 Å². The molecule has 0 radical (unpaired) electrons. The molecule has 0 aromatic rings. The molecule has 0 aliphatic heterocycles. The fourth-order valence-electron chi connectivity index (χ4n) is 1.70. The van der Waals surface area contributed by atoms with Crippen molar-refractivity contribution in [2.45, 2.75) is 40.0 Å². The summed E-state index contributed by atoms with van der Waals surface area (Å²) in [5.74, 6) is 2.89. The van der Waals surface area contributed by atoms with Crippen LogP contribution in [0.15, 0.2) is 0 Å². The topological polar surface area (TPSA) is 46.5 Å². The Morgan fingerprint density at radius 2 is 1.40 bits per heavy atom. The van der Waals surface area contributed by atoms with Gasteiger partial charge in [0, 0.05) is 0 Å². The third-order valence-corrected chi connectivity index (χ3v) is 7.42. The molecule has 0 aromatic heterocycles. The molecule has 15 heavy (non-hydrogen) atoms. The summed E-state index contributed by atoms with van der Waals surface area (Å²) in [6, 6.07) is 0. The Labute approximate surface area is 126 Å². The van der Waals surface area contributed by atoms with E-state index in [-0.39, 0.29) is 37.7 Å². The first kappa shape index (κ1) is 19.1. The standard InChI is InChI=1S/C9H23O3PS.Ca.2H/c1-4-7-14(8-5-2,9-6-3)12-13(10)11;;;/h13H,4-9H2,1-3H3,(H,10,11);;;. The Hall–Kier alpha value is 1.76. The molecule has 3 nitrogen and oxygen atoms in total. The molecule has 0 bridgehead atoms. The van der Waals surface area contributed by atoms with Crippen LogP contribution < -0.4 is 0 Å². The van der Waals surface area contributed by atoms with E-state index in [1.165, 1.54) is 0 Å². The van der Waals surface area contributed by atoms with E-state index < -0.39 is 18.6 Å². The average molecular weight is 284 g/mol.